The molecule has 4 nitrogen and oxygen atoms in total. The Morgan fingerprint density at radius 2 is 1.75 bits per heavy atom. The summed E-state index contributed by atoms with van der Waals surface area (Å²) in [6, 6.07) is 7.39. The highest BCUT2D eigenvalue weighted by Gasteiger charge is 2.23. The summed E-state index contributed by atoms with van der Waals surface area (Å²) in [7, 11) is 0. The lowest BCUT2D eigenvalue weighted by molar-refractivity contribution is 0.0317. The zero-order valence-corrected chi connectivity index (χ0v) is 11.6. The van der Waals surface area contributed by atoms with Crippen LogP contribution in [0.25, 0.3) is 0 Å². The highest BCUT2D eigenvalue weighted by Crippen LogP contribution is 2.26. The third-order valence-corrected chi connectivity index (χ3v) is 3.74. The summed E-state index contributed by atoms with van der Waals surface area (Å²) in [5.41, 5.74) is 0.696. The zero-order valence-electron chi connectivity index (χ0n) is 11.6. The first-order chi connectivity index (χ1) is 9.81. The van der Waals surface area contributed by atoms with E-state index in [1.807, 2.05) is 24.3 Å². The van der Waals surface area contributed by atoms with Crippen LogP contribution in [0.2, 0.25) is 0 Å². The van der Waals surface area contributed by atoms with E-state index in [1.54, 1.807) is 0 Å². The molecule has 4 heteroatoms. The minimum absolute atomic E-state index is 0.0431. The molecular formula is C16H21NO3. The van der Waals surface area contributed by atoms with E-state index >= 15 is 0 Å². The van der Waals surface area contributed by atoms with Gasteiger partial charge in [-0.1, -0.05) is 0 Å². The summed E-state index contributed by atoms with van der Waals surface area (Å²) < 4.78 is 11.3. The minimum atomic E-state index is 0.0431. The van der Waals surface area contributed by atoms with Crippen LogP contribution < -0.4 is 10.1 Å². The second-order valence-corrected chi connectivity index (χ2v) is 5.53. The highest BCUT2D eigenvalue weighted by atomic mass is 16.5. The Morgan fingerprint density at radius 3 is 2.40 bits per heavy atom. The van der Waals surface area contributed by atoms with Gasteiger partial charge in [-0.2, -0.15) is 0 Å². The Bertz CT molecular complexity index is 447. The Hall–Kier alpha value is -1.39. The van der Waals surface area contributed by atoms with Crippen molar-refractivity contribution in [1.29, 1.82) is 0 Å². The molecule has 2 aliphatic rings. The second kappa shape index (κ2) is 6.37. The number of rotatable bonds is 6. The fraction of sp³-hybridized carbons (Fsp3) is 0.562. The van der Waals surface area contributed by atoms with Gasteiger partial charge in [0.15, 0.2) is 5.78 Å². The van der Waals surface area contributed by atoms with Crippen molar-refractivity contribution < 1.29 is 14.3 Å². The van der Waals surface area contributed by atoms with Crippen molar-refractivity contribution in [2.24, 2.45) is 0 Å². The van der Waals surface area contributed by atoms with Crippen molar-refractivity contribution >= 4 is 5.78 Å². The van der Waals surface area contributed by atoms with Crippen LogP contribution >= 0.6 is 0 Å². The molecule has 3 rings (SSSR count). The van der Waals surface area contributed by atoms with Crippen molar-refractivity contribution in [1.82, 2.24) is 5.32 Å². The van der Waals surface area contributed by atoms with Crippen molar-refractivity contribution in [3.8, 4) is 5.75 Å². The Balaban J connectivity index is 1.48. The standard InChI is InChI=1S/C16H21NO3/c18-16(11-19-13-7-9-17-10-8-13)12-1-3-14(4-2-12)20-15-5-6-15/h1-4,13,15,17H,5-11H2. The van der Waals surface area contributed by atoms with Crippen LogP contribution in [-0.4, -0.2) is 37.7 Å². The van der Waals surface area contributed by atoms with E-state index in [2.05, 4.69) is 5.32 Å². The van der Waals surface area contributed by atoms with Crippen LogP contribution in [0.5, 0.6) is 5.75 Å². The summed E-state index contributed by atoms with van der Waals surface area (Å²) in [5, 5.41) is 3.28. The van der Waals surface area contributed by atoms with Crippen molar-refractivity contribution in [3.63, 3.8) is 0 Å². The van der Waals surface area contributed by atoms with Gasteiger partial charge in [-0.25, -0.2) is 0 Å². The van der Waals surface area contributed by atoms with Crippen LogP contribution in [0.1, 0.15) is 36.0 Å². The number of ether oxygens (including phenoxy) is 2. The lowest BCUT2D eigenvalue weighted by Gasteiger charge is -2.22. The molecule has 0 spiro atoms. The van der Waals surface area contributed by atoms with E-state index < -0.39 is 0 Å². The van der Waals surface area contributed by atoms with E-state index in [1.165, 1.54) is 0 Å². The monoisotopic (exact) mass is 275 g/mol. The van der Waals surface area contributed by atoms with Gasteiger partial charge < -0.3 is 14.8 Å². The highest BCUT2D eigenvalue weighted by molar-refractivity contribution is 5.97. The molecule has 1 N–H and O–H groups in total. The van der Waals surface area contributed by atoms with E-state index in [-0.39, 0.29) is 18.5 Å². The molecule has 20 heavy (non-hydrogen) atoms. The maximum absolute atomic E-state index is 12.1. The first kappa shape index (κ1) is 13.6. The van der Waals surface area contributed by atoms with Gasteiger partial charge in [0.1, 0.15) is 12.4 Å². The average Bonchev–Trinajstić information content (AvgIpc) is 3.31. The molecule has 1 saturated heterocycles. The van der Waals surface area contributed by atoms with Gasteiger partial charge in [0.05, 0.1) is 12.2 Å². The number of nitrogens with one attached hydrogen (secondary N) is 1. The molecule has 0 aromatic heterocycles. The van der Waals surface area contributed by atoms with Crippen molar-refractivity contribution in [2.45, 2.75) is 37.9 Å². The molecular weight excluding hydrogens is 254 g/mol. The van der Waals surface area contributed by atoms with Gasteiger partial charge in [0, 0.05) is 5.56 Å². The van der Waals surface area contributed by atoms with Gasteiger partial charge in [-0.05, 0) is 63.0 Å². The predicted molar refractivity (Wildman–Crippen MR) is 76.3 cm³/mol. The second-order valence-electron chi connectivity index (χ2n) is 5.53. The summed E-state index contributed by atoms with van der Waals surface area (Å²) in [6.45, 7) is 2.13. The van der Waals surface area contributed by atoms with Crippen LogP contribution in [0, 0.1) is 0 Å². The molecule has 1 aromatic carbocycles. The number of carbonyl (C=O) groups excluding carboxylic acids is 1. The van der Waals surface area contributed by atoms with Crippen molar-refractivity contribution in [3.05, 3.63) is 29.8 Å². The molecule has 0 bridgehead atoms. The maximum Gasteiger partial charge on any atom is 0.188 e. The molecule has 0 radical (unpaired) electrons. The molecule has 1 saturated carbocycles. The number of hydrogen-bond acceptors (Lipinski definition) is 4. The smallest absolute Gasteiger partial charge is 0.188 e. The first-order valence-electron chi connectivity index (χ1n) is 7.43. The van der Waals surface area contributed by atoms with E-state index in [0.29, 0.717) is 11.7 Å². The molecule has 1 aliphatic heterocycles. The third kappa shape index (κ3) is 3.81. The maximum atomic E-state index is 12.1. The van der Waals surface area contributed by atoms with Crippen LogP contribution in [0.3, 0.4) is 0 Å². The normalized spacial score (nSPS) is 19.8. The fourth-order valence-electron chi connectivity index (χ4n) is 2.34. The molecule has 2 fully saturated rings. The van der Waals surface area contributed by atoms with E-state index in [4.69, 9.17) is 9.47 Å². The summed E-state index contributed by atoms with van der Waals surface area (Å²) in [4.78, 5) is 12.1. The van der Waals surface area contributed by atoms with Gasteiger partial charge in [0.25, 0.3) is 0 Å². The molecule has 0 atom stereocenters. The predicted octanol–water partition coefficient (Wildman–Crippen LogP) is 2.18. The molecule has 0 amide bonds. The first-order valence-corrected chi connectivity index (χ1v) is 7.43. The topological polar surface area (TPSA) is 47.6 Å². The Morgan fingerprint density at radius 1 is 1.05 bits per heavy atom. The average molecular weight is 275 g/mol. The van der Waals surface area contributed by atoms with Gasteiger partial charge in [-0.15, -0.1) is 0 Å². The Labute approximate surface area is 119 Å². The molecule has 1 heterocycles. The quantitative estimate of drug-likeness (QED) is 0.808. The lowest BCUT2D eigenvalue weighted by atomic mass is 10.1. The van der Waals surface area contributed by atoms with Gasteiger partial charge >= 0.3 is 0 Å². The fourth-order valence-corrected chi connectivity index (χ4v) is 2.34. The number of hydrogen-bond donors (Lipinski definition) is 1. The zero-order chi connectivity index (χ0) is 13.8. The van der Waals surface area contributed by atoms with Crippen LogP contribution in [0.4, 0.5) is 0 Å². The molecule has 1 aromatic rings. The Kier molecular flexibility index (Phi) is 4.33. The summed E-state index contributed by atoms with van der Waals surface area (Å²) in [5.74, 6) is 0.893. The van der Waals surface area contributed by atoms with Crippen LogP contribution in [0.15, 0.2) is 24.3 Å². The SMILES string of the molecule is O=C(COC1CCNCC1)c1ccc(OC2CC2)cc1. The number of carbonyl (C=O) groups is 1. The van der Waals surface area contributed by atoms with Crippen LogP contribution in [-0.2, 0) is 4.74 Å². The summed E-state index contributed by atoms with van der Waals surface area (Å²) >= 11 is 0. The minimum Gasteiger partial charge on any atom is -0.490 e. The van der Waals surface area contributed by atoms with Gasteiger partial charge in [0.2, 0.25) is 0 Å². The van der Waals surface area contributed by atoms with Crippen molar-refractivity contribution in [2.75, 3.05) is 19.7 Å². The number of Topliss-reactive ketones (excluding diaryl/α,β-unsaturated/α-hetero) is 1. The summed E-state index contributed by atoms with van der Waals surface area (Å²) in [6.07, 6.45) is 4.87. The molecule has 108 valence electrons. The molecule has 1 aliphatic carbocycles. The van der Waals surface area contributed by atoms with E-state index in [0.717, 1.165) is 44.5 Å². The number of piperidine rings is 1. The van der Waals surface area contributed by atoms with Gasteiger partial charge in [-0.3, -0.25) is 4.79 Å². The lowest BCUT2D eigenvalue weighted by Crippen LogP contribution is -2.33. The third-order valence-electron chi connectivity index (χ3n) is 3.74. The largest absolute Gasteiger partial charge is 0.490 e. The van der Waals surface area contributed by atoms with E-state index in [9.17, 15) is 4.79 Å². The number of ketones is 1. The molecule has 0 unspecified atom stereocenters. The number of benzene rings is 1.